The molecule has 3 aromatic rings. The summed E-state index contributed by atoms with van der Waals surface area (Å²) in [7, 11) is 0. The number of hydrogen-bond acceptors (Lipinski definition) is 4. The number of aromatic nitrogens is 3. The molecule has 12 heteroatoms. The van der Waals surface area contributed by atoms with Crippen molar-refractivity contribution in [1.82, 2.24) is 19.5 Å². The van der Waals surface area contributed by atoms with Crippen LogP contribution in [0.1, 0.15) is 50.7 Å². The molecule has 6 nitrogen and oxygen atoms in total. The van der Waals surface area contributed by atoms with Gasteiger partial charge in [-0.1, -0.05) is 12.1 Å². The lowest BCUT2D eigenvalue weighted by Crippen LogP contribution is -2.47. The lowest BCUT2D eigenvalue weighted by Gasteiger charge is -2.38. The van der Waals surface area contributed by atoms with Gasteiger partial charge >= 0.3 is 18.4 Å². The summed E-state index contributed by atoms with van der Waals surface area (Å²) in [5.41, 5.74) is -2.54. The Balaban J connectivity index is 1.46. The van der Waals surface area contributed by atoms with Crippen LogP contribution in [0, 0.1) is 17.8 Å². The molecule has 1 aliphatic heterocycles. The Labute approximate surface area is 221 Å². The Bertz CT molecular complexity index is 1380. The van der Waals surface area contributed by atoms with Gasteiger partial charge in [-0.3, -0.25) is 0 Å². The van der Waals surface area contributed by atoms with Crippen molar-refractivity contribution < 1.29 is 35.9 Å². The molecule has 2 aromatic heterocycles. The van der Waals surface area contributed by atoms with Gasteiger partial charge in [-0.15, -0.1) is 0 Å². The molecule has 1 aromatic carbocycles. The summed E-state index contributed by atoms with van der Waals surface area (Å²) in [6.45, 7) is 6.35. The van der Waals surface area contributed by atoms with Crippen molar-refractivity contribution in [1.29, 1.82) is 0 Å². The fraction of sp³-hybridized carbons (Fsp3) is 0.519. The van der Waals surface area contributed by atoms with E-state index < -0.39 is 29.2 Å². The van der Waals surface area contributed by atoms with E-state index >= 15 is 0 Å². The molecular weight excluding hydrogens is 526 g/mol. The molecule has 2 bridgehead atoms. The first kappa shape index (κ1) is 27.3. The number of carbonyl (C=O) groups is 1. The maximum absolute atomic E-state index is 13.8. The van der Waals surface area contributed by atoms with Crippen LogP contribution in [0.25, 0.3) is 16.8 Å². The van der Waals surface area contributed by atoms with Gasteiger partial charge in [-0.05, 0) is 81.2 Å². The molecule has 1 unspecified atom stereocenters. The van der Waals surface area contributed by atoms with Crippen molar-refractivity contribution in [2.24, 2.45) is 17.8 Å². The second-order valence-electron chi connectivity index (χ2n) is 11.3. The minimum absolute atomic E-state index is 0.0624. The number of halogens is 6. The zero-order chi connectivity index (χ0) is 28.3. The summed E-state index contributed by atoms with van der Waals surface area (Å²) in [5, 5.41) is 4.19. The van der Waals surface area contributed by atoms with Crippen LogP contribution in [0.2, 0.25) is 0 Å². The molecule has 2 fully saturated rings. The molecule has 3 atom stereocenters. The summed E-state index contributed by atoms with van der Waals surface area (Å²) >= 11 is 0. The van der Waals surface area contributed by atoms with Crippen LogP contribution in [0.5, 0.6) is 0 Å². The molecule has 3 heterocycles. The highest BCUT2D eigenvalue weighted by molar-refractivity contribution is 5.78. The largest absolute Gasteiger partial charge is 0.444 e. The predicted octanol–water partition coefficient (Wildman–Crippen LogP) is 6.87. The Kier molecular flexibility index (Phi) is 6.58. The van der Waals surface area contributed by atoms with E-state index in [9.17, 15) is 31.1 Å². The molecule has 0 radical (unpaired) electrons. The molecule has 1 saturated carbocycles. The molecule has 39 heavy (non-hydrogen) atoms. The summed E-state index contributed by atoms with van der Waals surface area (Å²) in [5.74, 6) is 0.487. The third-order valence-corrected chi connectivity index (χ3v) is 7.42. The number of amides is 1. The van der Waals surface area contributed by atoms with Gasteiger partial charge in [0.15, 0.2) is 11.5 Å². The Hall–Kier alpha value is -3.31. The molecule has 0 N–H and O–H groups in total. The summed E-state index contributed by atoms with van der Waals surface area (Å²) in [6.07, 6.45) is -7.70. The Morgan fingerprint density at radius 2 is 1.64 bits per heavy atom. The van der Waals surface area contributed by atoms with Crippen LogP contribution < -0.4 is 0 Å². The molecule has 2 aliphatic rings. The number of likely N-dealkylation sites (tertiary alicyclic amines) is 1. The van der Waals surface area contributed by atoms with Gasteiger partial charge in [0.05, 0.1) is 5.56 Å². The van der Waals surface area contributed by atoms with Crippen LogP contribution in [0.15, 0.2) is 36.4 Å². The van der Waals surface area contributed by atoms with Crippen LogP contribution in [0.3, 0.4) is 0 Å². The Morgan fingerprint density at radius 3 is 2.23 bits per heavy atom. The van der Waals surface area contributed by atoms with Gasteiger partial charge in [-0.25, -0.2) is 14.3 Å². The van der Waals surface area contributed by atoms with E-state index in [0.29, 0.717) is 24.0 Å². The standard InChI is InChI=1S/C27H28F6N4O2/c1-25(2,3)39-24(38)36-13-16-7-8-17(14-36)20(16)12-22-34-23-19(9-10-21(27(31,32)33)37(23)35-22)15-5-4-6-18(11-15)26(28,29)30/h4-6,9-11,16-17,20H,7-8,12-14H2,1-3H3/t16-,17+,20?. The number of rotatable bonds is 3. The molecule has 1 saturated heterocycles. The second kappa shape index (κ2) is 9.41. The minimum atomic E-state index is -4.74. The fourth-order valence-electron chi connectivity index (χ4n) is 5.75. The van der Waals surface area contributed by atoms with E-state index in [0.717, 1.165) is 37.1 Å². The van der Waals surface area contributed by atoms with Gasteiger partial charge in [0.1, 0.15) is 11.3 Å². The van der Waals surface area contributed by atoms with E-state index in [1.54, 1.807) is 25.7 Å². The summed E-state index contributed by atoms with van der Waals surface area (Å²) < 4.78 is 87.6. The fourth-order valence-corrected chi connectivity index (χ4v) is 5.75. The van der Waals surface area contributed by atoms with Crippen LogP contribution in [-0.2, 0) is 23.5 Å². The molecule has 1 amide bonds. The molecule has 1 aliphatic carbocycles. The van der Waals surface area contributed by atoms with Crippen LogP contribution in [-0.4, -0.2) is 44.3 Å². The topological polar surface area (TPSA) is 59.7 Å². The highest BCUT2D eigenvalue weighted by Crippen LogP contribution is 2.44. The molecular formula is C27H28F6N4O2. The predicted molar refractivity (Wildman–Crippen MR) is 130 cm³/mol. The van der Waals surface area contributed by atoms with E-state index in [2.05, 4.69) is 10.1 Å². The van der Waals surface area contributed by atoms with E-state index in [1.165, 1.54) is 12.1 Å². The first-order valence-corrected chi connectivity index (χ1v) is 12.7. The third-order valence-electron chi connectivity index (χ3n) is 7.42. The Morgan fingerprint density at radius 1 is 0.974 bits per heavy atom. The zero-order valence-electron chi connectivity index (χ0n) is 21.6. The van der Waals surface area contributed by atoms with Gasteiger partial charge in [-0.2, -0.15) is 31.4 Å². The number of pyridine rings is 1. The highest BCUT2D eigenvalue weighted by atomic mass is 19.4. The van der Waals surface area contributed by atoms with Gasteiger partial charge in [0.25, 0.3) is 0 Å². The minimum Gasteiger partial charge on any atom is -0.444 e. The van der Waals surface area contributed by atoms with Crippen molar-refractivity contribution >= 4 is 11.7 Å². The number of carbonyl (C=O) groups excluding carboxylic acids is 1. The van der Waals surface area contributed by atoms with Crippen molar-refractivity contribution in [2.75, 3.05) is 13.1 Å². The third kappa shape index (κ3) is 5.56. The van der Waals surface area contributed by atoms with Crippen LogP contribution in [0.4, 0.5) is 31.1 Å². The quantitative estimate of drug-likeness (QED) is 0.332. The van der Waals surface area contributed by atoms with Crippen molar-refractivity contribution in [3.05, 3.63) is 53.5 Å². The van der Waals surface area contributed by atoms with Crippen molar-refractivity contribution in [3.63, 3.8) is 0 Å². The lowest BCUT2D eigenvalue weighted by atomic mass is 9.82. The number of fused-ring (bicyclic) bond motifs is 3. The maximum atomic E-state index is 13.8. The smallest absolute Gasteiger partial charge is 0.433 e. The zero-order valence-corrected chi connectivity index (χ0v) is 21.6. The van der Waals surface area contributed by atoms with Gasteiger partial charge in [0.2, 0.25) is 0 Å². The average Bonchev–Trinajstić information content (AvgIpc) is 3.32. The van der Waals surface area contributed by atoms with Gasteiger partial charge < -0.3 is 9.64 Å². The summed E-state index contributed by atoms with van der Waals surface area (Å²) in [6, 6.07) is 6.35. The highest BCUT2D eigenvalue weighted by Gasteiger charge is 2.45. The van der Waals surface area contributed by atoms with E-state index in [1.807, 2.05) is 0 Å². The maximum Gasteiger partial charge on any atom is 0.433 e. The number of hydrogen-bond donors (Lipinski definition) is 0. The summed E-state index contributed by atoms with van der Waals surface area (Å²) in [4.78, 5) is 18.7. The number of benzene rings is 1. The van der Waals surface area contributed by atoms with Crippen LogP contribution >= 0.6 is 0 Å². The van der Waals surface area contributed by atoms with E-state index in [-0.39, 0.29) is 46.4 Å². The number of alkyl halides is 6. The number of nitrogens with zero attached hydrogens (tertiary/aromatic N) is 4. The number of ether oxygens (including phenoxy) is 1. The molecule has 0 spiro atoms. The molecule has 5 rings (SSSR count). The van der Waals surface area contributed by atoms with Gasteiger partial charge in [0, 0.05) is 25.1 Å². The lowest BCUT2D eigenvalue weighted by molar-refractivity contribution is -0.142. The normalized spacial score (nSPS) is 22.0. The van der Waals surface area contributed by atoms with E-state index in [4.69, 9.17) is 4.74 Å². The second-order valence-corrected chi connectivity index (χ2v) is 11.3. The number of piperidine rings is 1. The SMILES string of the molecule is CC(C)(C)OC(=O)N1C[C@H]2CC[C@@H](C1)C2Cc1nc2c(-c3cccc(C(F)(F)F)c3)ccc(C(F)(F)F)n2n1. The van der Waals surface area contributed by atoms with Crippen molar-refractivity contribution in [2.45, 2.75) is 58.0 Å². The molecule has 210 valence electrons. The average molecular weight is 555 g/mol. The monoisotopic (exact) mass is 554 g/mol. The van der Waals surface area contributed by atoms with Crippen molar-refractivity contribution in [3.8, 4) is 11.1 Å². The first-order valence-electron chi connectivity index (χ1n) is 12.7. The first-order chi connectivity index (χ1) is 18.1.